The first kappa shape index (κ1) is 11.3. The molecule has 82 valence electrons. The third-order valence-corrected chi connectivity index (χ3v) is 3.26. The normalized spacial score (nSPS) is 10.4. The van der Waals surface area contributed by atoms with Crippen molar-refractivity contribution in [3.05, 3.63) is 45.2 Å². The van der Waals surface area contributed by atoms with Gasteiger partial charge in [0.15, 0.2) is 0 Å². The molecular formula is C12H11ClN2S. The van der Waals surface area contributed by atoms with Gasteiger partial charge in [-0.1, -0.05) is 36.0 Å². The van der Waals surface area contributed by atoms with E-state index in [-0.39, 0.29) is 0 Å². The monoisotopic (exact) mass is 250 g/mol. The number of nitrogens with one attached hydrogen (secondary N) is 1. The first-order valence-corrected chi connectivity index (χ1v) is 5.70. The second kappa shape index (κ2) is 4.36. The Balaban J connectivity index is 2.67. The minimum absolute atomic E-state index is 0.617. The van der Waals surface area contributed by atoms with Crippen molar-refractivity contribution in [2.24, 2.45) is 0 Å². The zero-order valence-corrected chi connectivity index (χ0v) is 10.6. The second-order valence-corrected chi connectivity index (χ2v) is 4.41. The molecule has 0 unspecified atom stereocenters. The summed E-state index contributed by atoms with van der Waals surface area (Å²) in [6.07, 6.45) is 0. The highest BCUT2D eigenvalue weighted by Gasteiger charge is 2.06. The molecule has 0 aliphatic rings. The first-order chi connectivity index (χ1) is 7.59. The summed E-state index contributed by atoms with van der Waals surface area (Å²) >= 11 is 11.3. The summed E-state index contributed by atoms with van der Waals surface area (Å²) in [4.78, 5) is 7.55. The maximum Gasteiger partial charge on any atom is 0.140 e. The van der Waals surface area contributed by atoms with Gasteiger partial charge in [0, 0.05) is 16.8 Å². The van der Waals surface area contributed by atoms with E-state index in [4.69, 9.17) is 23.8 Å². The van der Waals surface area contributed by atoms with Crippen molar-refractivity contribution in [1.29, 1.82) is 0 Å². The molecule has 2 rings (SSSR count). The fourth-order valence-electron chi connectivity index (χ4n) is 1.43. The van der Waals surface area contributed by atoms with Crippen molar-refractivity contribution in [2.75, 3.05) is 0 Å². The molecule has 4 heteroatoms. The van der Waals surface area contributed by atoms with E-state index >= 15 is 0 Å². The Morgan fingerprint density at radius 1 is 1.25 bits per heavy atom. The molecule has 2 nitrogen and oxygen atoms in total. The Morgan fingerprint density at radius 2 is 1.94 bits per heavy atom. The first-order valence-electron chi connectivity index (χ1n) is 4.92. The lowest BCUT2D eigenvalue weighted by Gasteiger charge is -2.07. The molecule has 16 heavy (non-hydrogen) atoms. The number of aryl methyl sites for hydroxylation is 1. The van der Waals surface area contributed by atoms with Gasteiger partial charge in [0.05, 0.1) is 5.02 Å². The Hall–Kier alpha value is -1.19. The Bertz CT molecular complexity index is 590. The van der Waals surface area contributed by atoms with Gasteiger partial charge in [-0.15, -0.1) is 0 Å². The van der Waals surface area contributed by atoms with Crippen molar-refractivity contribution in [3.8, 4) is 11.4 Å². The van der Waals surface area contributed by atoms with Crippen LogP contribution in [-0.2, 0) is 0 Å². The molecule has 0 spiro atoms. The van der Waals surface area contributed by atoms with E-state index in [1.54, 1.807) is 0 Å². The summed E-state index contributed by atoms with van der Waals surface area (Å²) in [7, 11) is 0. The fourth-order valence-corrected chi connectivity index (χ4v) is 1.90. The van der Waals surface area contributed by atoms with E-state index in [1.165, 1.54) is 0 Å². The highest BCUT2D eigenvalue weighted by molar-refractivity contribution is 7.71. The number of aromatic nitrogens is 2. The molecule has 1 aromatic carbocycles. The zero-order valence-electron chi connectivity index (χ0n) is 9.04. The van der Waals surface area contributed by atoms with Crippen molar-refractivity contribution in [2.45, 2.75) is 13.8 Å². The molecule has 0 saturated carbocycles. The van der Waals surface area contributed by atoms with Gasteiger partial charge in [-0.05, 0) is 26.0 Å². The number of hydrogen-bond acceptors (Lipinski definition) is 2. The minimum atomic E-state index is 0.617. The van der Waals surface area contributed by atoms with Crippen LogP contribution in [0.4, 0.5) is 0 Å². The Kier molecular flexibility index (Phi) is 3.08. The molecule has 0 saturated heterocycles. The largest absolute Gasteiger partial charge is 0.343 e. The van der Waals surface area contributed by atoms with Crippen LogP contribution in [0.1, 0.15) is 11.3 Å². The molecule has 0 amide bonds. The van der Waals surface area contributed by atoms with Crippen LogP contribution in [0.5, 0.6) is 0 Å². The lowest BCUT2D eigenvalue weighted by molar-refractivity contribution is 1.06. The van der Waals surface area contributed by atoms with E-state index in [0.29, 0.717) is 9.66 Å². The van der Waals surface area contributed by atoms with Crippen LogP contribution < -0.4 is 0 Å². The quantitative estimate of drug-likeness (QED) is 0.773. The number of halogens is 1. The average molecular weight is 251 g/mol. The number of H-pyrrole nitrogens is 1. The van der Waals surface area contributed by atoms with Crippen molar-refractivity contribution in [1.82, 2.24) is 9.97 Å². The van der Waals surface area contributed by atoms with E-state index in [1.807, 2.05) is 38.1 Å². The Morgan fingerprint density at radius 3 is 2.56 bits per heavy atom. The number of nitrogens with zero attached hydrogens (tertiary/aromatic N) is 1. The van der Waals surface area contributed by atoms with Crippen molar-refractivity contribution in [3.63, 3.8) is 0 Å². The summed E-state index contributed by atoms with van der Waals surface area (Å²) in [5, 5.41) is 0.670. The standard InChI is InChI=1S/C12H11ClN2S/c1-7-8(2)14-11(15-12(7)16)9-5-3-4-6-10(9)13/h3-6H,1-2H3,(H,14,15,16). The van der Waals surface area contributed by atoms with Gasteiger partial charge < -0.3 is 4.98 Å². The van der Waals surface area contributed by atoms with Gasteiger partial charge in [-0.3, -0.25) is 0 Å². The smallest absolute Gasteiger partial charge is 0.140 e. The molecule has 1 N–H and O–H groups in total. The van der Waals surface area contributed by atoms with E-state index in [2.05, 4.69) is 9.97 Å². The highest BCUT2D eigenvalue weighted by Crippen LogP contribution is 2.25. The second-order valence-electron chi connectivity index (χ2n) is 3.62. The van der Waals surface area contributed by atoms with Gasteiger partial charge in [0.25, 0.3) is 0 Å². The topological polar surface area (TPSA) is 28.7 Å². The molecule has 0 aliphatic carbocycles. The van der Waals surface area contributed by atoms with Crippen LogP contribution >= 0.6 is 23.8 Å². The molecule has 1 aromatic heterocycles. The fraction of sp³-hybridized carbons (Fsp3) is 0.167. The molecule has 2 aromatic rings. The minimum Gasteiger partial charge on any atom is -0.343 e. The van der Waals surface area contributed by atoms with Gasteiger partial charge in [0.1, 0.15) is 10.5 Å². The van der Waals surface area contributed by atoms with Crippen LogP contribution in [0.3, 0.4) is 0 Å². The van der Waals surface area contributed by atoms with Gasteiger partial charge in [0.2, 0.25) is 0 Å². The third-order valence-electron chi connectivity index (χ3n) is 2.53. The Labute approximate surface area is 104 Å². The summed E-state index contributed by atoms with van der Waals surface area (Å²) in [6, 6.07) is 7.58. The van der Waals surface area contributed by atoms with Crippen LogP contribution in [0.2, 0.25) is 5.02 Å². The van der Waals surface area contributed by atoms with Crippen LogP contribution in [0, 0.1) is 18.5 Å². The van der Waals surface area contributed by atoms with E-state index < -0.39 is 0 Å². The average Bonchev–Trinajstić information content (AvgIpc) is 2.26. The van der Waals surface area contributed by atoms with Crippen LogP contribution in [0.25, 0.3) is 11.4 Å². The molecule has 0 radical (unpaired) electrons. The number of aromatic amines is 1. The maximum atomic E-state index is 6.11. The lowest BCUT2D eigenvalue weighted by atomic mass is 10.2. The molecule has 1 heterocycles. The van der Waals surface area contributed by atoms with Crippen molar-refractivity contribution >= 4 is 23.8 Å². The zero-order chi connectivity index (χ0) is 11.7. The van der Waals surface area contributed by atoms with Gasteiger partial charge >= 0.3 is 0 Å². The SMILES string of the molecule is Cc1[nH]c(-c2ccccc2Cl)nc(=S)c1C. The van der Waals surface area contributed by atoms with Crippen LogP contribution in [-0.4, -0.2) is 9.97 Å². The summed E-state index contributed by atoms with van der Waals surface area (Å²) in [5.74, 6) is 0.721. The van der Waals surface area contributed by atoms with Crippen LogP contribution in [0.15, 0.2) is 24.3 Å². The number of hydrogen-bond donors (Lipinski definition) is 1. The van der Waals surface area contributed by atoms with E-state index in [0.717, 1.165) is 22.6 Å². The molecule has 0 aliphatic heterocycles. The maximum absolute atomic E-state index is 6.11. The molecule has 0 atom stereocenters. The summed E-state index contributed by atoms with van der Waals surface area (Å²) in [6.45, 7) is 3.94. The summed E-state index contributed by atoms with van der Waals surface area (Å²) < 4.78 is 0.617. The van der Waals surface area contributed by atoms with E-state index in [9.17, 15) is 0 Å². The van der Waals surface area contributed by atoms with Gasteiger partial charge in [-0.2, -0.15) is 0 Å². The van der Waals surface area contributed by atoms with Gasteiger partial charge in [-0.25, -0.2) is 4.98 Å². The summed E-state index contributed by atoms with van der Waals surface area (Å²) in [5.41, 5.74) is 2.90. The van der Waals surface area contributed by atoms with Crippen molar-refractivity contribution < 1.29 is 0 Å². The highest BCUT2D eigenvalue weighted by atomic mass is 35.5. The predicted molar refractivity (Wildman–Crippen MR) is 69.3 cm³/mol. The molecule has 0 bridgehead atoms. The number of rotatable bonds is 1. The lowest BCUT2D eigenvalue weighted by Crippen LogP contribution is -1.96. The third kappa shape index (κ3) is 2.01. The molecular weight excluding hydrogens is 240 g/mol. The molecule has 0 fully saturated rings. The number of benzene rings is 1. The predicted octanol–water partition coefficient (Wildman–Crippen LogP) is 4.08.